The number of hydrogen-bond acceptors (Lipinski definition) is 4. The van der Waals surface area contributed by atoms with E-state index in [1.54, 1.807) is 12.1 Å². The number of carbonyl (C=O) groups is 1. The van der Waals surface area contributed by atoms with Gasteiger partial charge in [0.25, 0.3) is 0 Å². The quantitative estimate of drug-likeness (QED) is 0.446. The second kappa shape index (κ2) is 13.2. The molecule has 0 N–H and O–H groups in total. The molecule has 0 aliphatic rings. The van der Waals surface area contributed by atoms with Gasteiger partial charge in [-0.25, -0.2) is 4.79 Å². The lowest BCUT2D eigenvalue weighted by Crippen LogP contribution is -2.25. The van der Waals surface area contributed by atoms with E-state index in [2.05, 4.69) is 25.7 Å². The second-order valence-corrected chi connectivity index (χ2v) is 5.24. The zero-order valence-corrected chi connectivity index (χ0v) is 15.4. The molecule has 0 amide bonds. The number of unbranched alkanes of at least 4 members (excludes halogenated alkanes) is 1. The van der Waals surface area contributed by atoms with Gasteiger partial charge in [-0.05, 0) is 50.2 Å². The standard InChI is InChI=1S/C18H29NO3.ClH/c1-4-7-14-21-17-11-9-16(10-12-17)18(20)22-15-8-13-19(5-2)6-3;/h9-12H,4-8,13-15H2,1-3H3;1H. The van der Waals surface area contributed by atoms with Gasteiger partial charge < -0.3 is 14.4 Å². The maximum atomic E-state index is 11.9. The highest BCUT2D eigenvalue weighted by atomic mass is 35.5. The Bertz CT molecular complexity index is 419. The summed E-state index contributed by atoms with van der Waals surface area (Å²) in [7, 11) is 0. The van der Waals surface area contributed by atoms with Gasteiger partial charge in [0, 0.05) is 6.54 Å². The van der Waals surface area contributed by atoms with E-state index in [0.717, 1.165) is 44.6 Å². The maximum absolute atomic E-state index is 11.9. The topological polar surface area (TPSA) is 38.8 Å². The third-order valence-corrected chi connectivity index (χ3v) is 3.60. The average molecular weight is 344 g/mol. The molecule has 0 bridgehead atoms. The smallest absolute Gasteiger partial charge is 0.338 e. The predicted molar refractivity (Wildman–Crippen MR) is 96.8 cm³/mol. The molecule has 0 aliphatic heterocycles. The van der Waals surface area contributed by atoms with Gasteiger partial charge in [0.05, 0.1) is 18.8 Å². The molecule has 0 aromatic heterocycles. The SMILES string of the molecule is CCCCOc1ccc(C(=O)OCCCN(CC)CC)cc1.Cl. The summed E-state index contributed by atoms with van der Waals surface area (Å²) in [4.78, 5) is 14.2. The van der Waals surface area contributed by atoms with Crippen molar-refractivity contribution in [2.24, 2.45) is 0 Å². The summed E-state index contributed by atoms with van der Waals surface area (Å²) in [6.45, 7) is 10.6. The molecule has 0 unspecified atom stereocenters. The number of halogens is 1. The maximum Gasteiger partial charge on any atom is 0.338 e. The first kappa shape index (κ1) is 21.7. The molecule has 4 nitrogen and oxygen atoms in total. The van der Waals surface area contributed by atoms with Gasteiger partial charge in [-0.2, -0.15) is 0 Å². The van der Waals surface area contributed by atoms with Crippen LogP contribution in [-0.4, -0.2) is 43.7 Å². The van der Waals surface area contributed by atoms with Crippen molar-refractivity contribution in [3.8, 4) is 5.75 Å². The number of rotatable bonds is 11. The number of nitrogens with zero attached hydrogens (tertiary/aromatic N) is 1. The molecule has 0 radical (unpaired) electrons. The zero-order chi connectivity index (χ0) is 16.2. The van der Waals surface area contributed by atoms with Crippen molar-refractivity contribution in [2.75, 3.05) is 32.8 Å². The largest absolute Gasteiger partial charge is 0.494 e. The average Bonchev–Trinajstić information content (AvgIpc) is 2.55. The molecule has 5 heteroatoms. The minimum atomic E-state index is -0.264. The third kappa shape index (κ3) is 8.82. The third-order valence-electron chi connectivity index (χ3n) is 3.60. The molecular weight excluding hydrogens is 314 g/mol. The summed E-state index contributed by atoms with van der Waals surface area (Å²) in [6, 6.07) is 7.16. The lowest BCUT2D eigenvalue weighted by atomic mass is 10.2. The molecular formula is C18H30ClNO3. The first-order chi connectivity index (χ1) is 10.7. The van der Waals surface area contributed by atoms with E-state index < -0.39 is 0 Å². The van der Waals surface area contributed by atoms with Gasteiger partial charge >= 0.3 is 5.97 Å². The Labute approximate surface area is 146 Å². The van der Waals surface area contributed by atoms with E-state index in [0.29, 0.717) is 18.8 Å². The molecule has 132 valence electrons. The van der Waals surface area contributed by atoms with E-state index in [1.807, 2.05) is 12.1 Å². The van der Waals surface area contributed by atoms with E-state index in [9.17, 15) is 4.79 Å². The number of carbonyl (C=O) groups excluding carboxylic acids is 1. The van der Waals surface area contributed by atoms with Gasteiger partial charge in [0.1, 0.15) is 5.75 Å². The van der Waals surface area contributed by atoms with Crippen LogP contribution in [0.2, 0.25) is 0 Å². The van der Waals surface area contributed by atoms with Crippen LogP contribution in [0.15, 0.2) is 24.3 Å². The molecule has 0 atom stereocenters. The fourth-order valence-electron chi connectivity index (χ4n) is 2.10. The molecule has 0 saturated heterocycles. The van der Waals surface area contributed by atoms with E-state index in [4.69, 9.17) is 9.47 Å². The fourth-order valence-corrected chi connectivity index (χ4v) is 2.10. The fraction of sp³-hybridized carbons (Fsp3) is 0.611. The molecule has 0 heterocycles. The summed E-state index contributed by atoms with van der Waals surface area (Å²) in [6.07, 6.45) is 3.01. The van der Waals surface area contributed by atoms with Crippen molar-refractivity contribution in [1.29, 1.82) is 0 Å². The van der Waals surface area contributed by atoms with Crippen LogP contribution in [0.25, 0.3) is 0 Å². The highest BCUT2D eigenvalue weighted by Crippen LogP contribution is 2.13. The molecule has 0 saturated carbocycles. The lowest BCUT2D eigenvalue weighted by molar-refractivity contribution is 0.0489. The molecule has 1 aromatic rings. The monoisotopic (exact) mass is 343 g/mol. The summed E-state index contributed by atoms with van der Waals surface area (Å²) in [5.74, 6) is 0.534. The number of ether oxygens (including phenoxy) is 2. The van der Waals surface area contributed by atoms with Crippen LogP contribution in [0.5, 0.6) is 5.75 Å². The summed E-state index contributed by atoms with van der Waals surface area (Å²) < 4.78 is 10.9. The van der Waals surface area contributed by atoms with Crippen molar-refractivity contribution in [2.45, 2.75) is 40.0 Å². The Morgan fingerprint density at radius 2 is 1.65 bits per heavy atom. The van der Waals surface area contributed by atoms with E-state index in [1.165, 1.54) is 0 Å². The van der Waals surface area contributed by atoms with Crippen LogP contribution in [0.4, 0.5) is 0 Å². The van der Waals surface area contributed by atoms with Crippen molar-refractivity contribution in [3.05, 3.63) is 29.8 Å². The lowest BCUT2D eigenvalue weighted by Gasteiger charge is -2.17. The Hall–Kier alpha value is -1.26. The van der Waals surface area contributed by atoms with Gasteiger partial charge in [-0.15, -0.1) is 12.4 Å². The molecule has 0 fully saturated rings. The number of benzene rings is 1. The summed E-state index contributed by atoms with van der Waals surface area (Å²) in [5, 5.41) is 0. The normalized spacial score (nSPS) is 10.3. The Kier molecular flexibility index (Phi) is 12.5. The van der Waals surface area contributed by atoms with Gasteiger partial charge in [0.2, 0.25) is 0 Å². The highest BCUT2D eigenvalue weighted by molar-refractivity contribution is 5.89. The minimum Gasteiger partial charge on any atom is -0.494 e. The van der Waals surface area contributed by atoms with Crippen molar-refractivity contribution >= 4 is 18.4 Å². The van der Waals surface area contributed by atoms with Crippen LogP contribution in [0.1, 0.15) is 50.4 Å². The minimum absolute atomic E-state index is 0. The first-order valence-electron chi connectivity index (χ1n) is 8.33. The van der Waals surface area contributed by atoms with Crippen molar-refractivity contribution < 1.29 is 14.3 Å². The van der Waals surface area contributed by atoms with Crippen LogP contribution in [-0.2, 0) is 4.74 Å². The zero-order valence-electron chi connectivity index (χ0n) is 14.5. The Morgan fingerprint density at radius 1 is 1.00 bits per heavy atom. The number of esters is 1. The van der Waals surface area contributed by atoms with Crippen LogP contribution in [0, 0.1) is 0 Å². The Morgan fingerprint density at radius 3 is 2.22 bits per heavy atom. The summed E-state index contributed by atoms with van der Waals surface area (Å²) in [5.41, 5.74) is 0.575. The second-order valence-electron chi connectivity index (χ2n) is 5.24. The predicted octanol–water partition coefficient (Wildman–Crippen LogP) is 4.18. The molecule has 1 rings (SSSR count). The van der Waals surface area contributed by atoms with Gasteiger partial charge in [-0.3, -0.25) is 0 Å². The number of hydrogen-bond donors (Lipinski definition) is 0. The van der Waals surface area contributed by atoms with Crippen molar-refractivity contribution in [1.82, 2.24) is 4.90 Å². The van der Waals surface area contributed by atoms with E-state index >= 15 is 0 Å². The van der Waals surface area contributed by atoms with Crippen LogP contribution >= 0.6 is 12.4 Å². The molecule has 0 aliphatic carbocycles. The van der Waals surface area contributed by atoms with Crippen molar-refractivity contribution in [3.63, 3.8) is 0 Å². The van der Waals surface area contributed by atoms with Crippen LogP contribution in [0.3, 0.4) is 0 Å². The highest BCUT2D eigenvalue weighted by Gasteiger charge is 2.07. The van der Waals surface area contributed by atoms with Crippen LogP contribution < -0.4 is 4.74 Å². The summed E-state index contributed by atoms with van der Waals surface area (Å²) >= 11 is 0. The first-order valence-corrected chi connectivity index (χ1v) is 8.33. The Balaban J connectivity index is 0.00000484. The van der Waals surface area contributed by atoms with Gasteiger partial charge in [-0.1, -0.05) is 27.2 Å². The molecule has 1 aromatic carbocycles. The van der Waals surface area contributed by atoms with Gasteiger partial charge in [0.15, 0.2) is 0 Å². The molecule has 23 heavy (non-hydrogen) atoms. The molecule has 0 spiro atoms. The van der Waals surface area contributed by atoms with E-state index in [-0.39, 0.29) is 18.4 Å².